The van der Waals surface area contributed by atoms with Crippen LogP contribution in [0.5, 0.6) is 0 Å². The number of para-hydroxylation sites is 1. The van der Waals surface area contributed by atoms with Crippen molar-refractivity contribution >= 4 is 15.7 Å². The van der Waals surface area contributed by atoms with E-state index in [0.717, 1.165) is 19.4 Å². The molecule has 1 atom stereocenters. The summed E-state index contributed by atoms with van der Waals surface area (Å²) in [5.74, 6) is 5.31. The highest BCUT2D eigenvalue weighted by atomic mass is 32.2. The molecule has 1 saturated heterocycles. The van der Waals surface area contributed by atoms with Crippen molar-refractivity contribution in [1.29, 1.82) is 0 Å². The zero-order chi connectivity index (χ0) is 13.7. The Bertz CT molecular complexity index is 513. The van der Waals surface area contributed by atoms with Crippen LogP contribution in [0.4, 0.5) is 5.69 Å². The van der Waals surface area contributed by atoms with Crippen LogP contribution < -0.4 is 16.0 Å². The first-order chi connectivity index (χ1) is 9.13. The van der Waals surface area contributed by atoms with Crippen molar-refractivity contribution in [3.63, 3.8) is 0 Å². The minimum atomic E-state index is -3.54. The molecule has 0 aliphatic carbocycles. The molecule has 6 nitrogen and oxygen atoms in total. The monoisotopic (exact) mass is 285 g/mol. The smallest absolute Gasteiger partial charge is 0.242 e. The maximum absolute atomic E-state index is 12.1. The maximum atomic E-state index is 12.1. The maximum Gasteiger partial charge on any atom is 0.242 e. The molecule has 1 aromatic rings. The number of hydrogen-bond donors (Lipinski definition) is 3. The fraction of sp³-hybridized carbons (Fsp3) is 0.500. The molecule has 0 spiro atoms. The predicted octanol–water partition coefficient (Wildman–Crippen LogP) is 0.820. The fourth-order valence-electron chi connectivity index (χ4n) is 2.12. The second kappa shape index (κ2) is 6.33. The molecular formula is C12H19N3O3S. The molecule has 0 bridgehead atoms. The van der Waals surface area contributed by atoms with Crippen LogP contribution in [-0.2, 0) is 14.8 Å². The third kappa shape index (κ3) is 3.66. The van der Waals surface area contributed by atoms with E-state index in [-0.39, 0.29) is 11.0 Å². The van der Waals surface area contributed by atoms with E-state index in [0.29, 0.717) is 18.7 Å². The summed E-state index contributed by atoms with van der Waals surface area (Å²) in [6.07, 6.45) is 2.92. The minimum absolute atomic E-state index is 0.157. The second-order valence-corrected chi connectivity index (χ2v) is 6.20. The van der Waals surface area contributed by atoms with Gasteiger partial charge in [0, 0.05) is 13.2 Å². The van der Waals surface area contributed by atoms with Crippen molar-refractivity contribution in [2.45, 2.75) is 30.3 Å². The van der Waals surface area contributed by atoms with Crippen molar-refractivity contribution in [3.05, 3.63) is 24.3 Å². The van der Waals surface area contributed by atoms with E-state index in [1.165, 1.54) is 6.07 Å². The van der Waals surface area contributed by atoms with Crippen LogP contribution in [-0.4, -0.2) is 27.7 Å². The molecule has 106 valence electrons. The van der Waals surface area contributed by atoms with Gasteiger partial charge in [0.05, 0.1) is 11.8 Å². The number of nitrogen functional groups attached to an aromatic ring is 1. The number of nitrogens with two attached hydrogens (primary N) is 1. The molecule has 4 N–H and O–H groups in total. The summed E-state index contributed by atoms with van der Waals surface area (Å²) in [6, 6.07) is 6.52. The zero-order valence-corrected chi connectivity index (χ0v) is 11.4. The van der Waals surface area contributed by atoms with Crippen molar-refractivity contribution in [3.8, 4) is 0 Å². The number of benzene rings is 1. The van der Waals surface area contributed by atoms with E-state index < -0.39 is 10.0 Å². The quantitative estimate of drug-likeness (QED) is 0.531. The van der Waals surface area contributed by atoms with Crippen LogP contribution in [0.2, 0.25) is 0 Å². The highest BCUT2D eigenvalue weighted by Gasteiger charge is 2.19. The van der Waals surface area contributed by atoms with Gasteiger partial charge in [0.25, 0.3) is 0 Å². The number of hydrazine groups is 1. The van der Waals surface area contributed by atoms with E-state index >= 15 is 0 Å². The van der Waals surface area contributed by atoms with Crippen molar-refractivity contribution in [2.24, 2.45) is 5.84 Å². The molecule has 0 amide bonds. The van der Waals surface area contributed by atoms with Crippen LogP contribution in [0.3, 0.4) is 0 Å². The number of hydrogen-bond acceptors (Lipinski definition) is 5. The molecule has 0 aromatic heterocycles. The molecule has 2 rings (SSSR count). The molecule has 0 radical (unpaired) electrons. The molecular weight excluding hydrogens is 266 g/mol. The summed E-state index contributed by atoms with van der Waals surface area (Å²) >= 11 is 0. The lowest BCUT2D eigenvalue weighted by Crippen LogP contribution is -2.28. The van der Waals surface area contributed by atoms with Crippen LogP contribution in [0.1, 0.15) is 19.3 Å². The molecule has 0 saturated carbocycles. The SMILES string of the molecule is NNc1ccccc1S(=O)(=O)NCCC1CCCO1. The van der Waals surface area contributed by atoms with Gasteiger partial charge in [-0.2, -0.15) is 0 Å². The minimum Gasteiger partial charge on any atom is -0.378 e. The van der Waals surface area contributed by atoms with Gasteiger partial charge in [0.15, 0.2) is 0 Å². The van der Waals surface area contributed by atoms with Gasteiger partial charge in [-0.05, 0) is 31.4 Å². The first-order valence-corrected chi connectivity index (χ1v) is 7.79. The largest absolute Gasteiger partial charge is 0.378 e. The van der Waals surface area contributed by atoms with Crippen molar-refractivity contribution in [2.75, 3.05) is 18.6 Å². The van der Waals surface area contributed by atoms with Crippen LogP contribution in [0.25, 0.3) is 0 Å². The van der Waals surface area contributed by atoms with Gasteiger partial charge in [-0.15, -0.1) is 0 Å². The van der Waals surface area contributed by atoms with Gasteiger partial charge in [0.2, 0.25) is 10.0 Å². The average molecular weight is 285 g/mol. The number of rotatable bonds is 6. The van der Waals surface area contributed by atoms with Crippen molar-refractivity contribution in [1.82, 2.24) is 4.72 Å². The molecule has 1 aromatic carbocycles. The van der Waals surface area contributed by atoms with Gasteiger partial charge >= 0.3 is 0 Å². The highest BCUT2D eigenvalue weighted by Crippen LogP contribution is 2.20. The van der Waals surface area contributed by atoms with Crippen LogP contribution >= 0.6 is 0 Å². The highest BCUT2D eigenvalue weighted by molar-refractivity contribution is 7.89. The Hall–Kier alpha value is -1.15. The Morgan fingerprint density at radius 1 is 1.37 bits per heavy atom. The van der Waals surface area contributed by atoms with Gasteiger partial charge in [-0.25, -0.2) is 13.1 Å². The Labute approximate surface area is 113 Å². The van der Waals surface area contributed by atoms with Gasteiger partial charge in [-0.3, -0.25) is 5.84 Å². The third-order valence-corrected chi connectivity index (χ3v) is 4.63. The molecule has 7 heteroatoms. The lowest BCUT2D eigenvalue weighted by molar-refractivity contribution is 0.105. The van der Waals surface area contributed by atoms with Gasteiger partial charge < -0.3 is 10.2 Å². The van der Waals surface area contributed by atoms with Gasteiger partial charge in [-0.1, -0.05) is 12.1 Å². The average Bonchev–Trinajstić information content (AvgIpc) is 2.91. The molecule has 1 fully saturated rings. The number of sulfonamides is 1. The van der Waals surface area contributed by atoms with Crippen LogP contribution in [0, 0.1) is 0 Å². The standard InChI is InChI=1S/C12H19N3O3S/c13-15-11-5-1-2-6-12(11)19(16,17)14-8-7-10-4-3-9-18-10/h1-2,5-6,10,14-15H,3-4,7-9,13H2. The Balaban J connectivity index is 1.97. The summed E-state index contributed by atoms with van der Waals surface area (Å²) in [4.78, 5) is 0.157. The molecule has 1 aliphatic heterocycles. The van der Waals surface area contributed by atoms with E-state index in [9.17, 15) is 8.42 Å². The molecule has 1 heterocycles. The normalized spacial score (nSPS) is 19.5. The third-order valence-electron chi connectivity index (χ3n) is 3.11. The lowest BCUT2D eigenvalue weighted by Gasteiger charge is -2.12. The second-order valence-electron chi connectivity index (χ2n) is 4.46. The van der Waals surface area contributed by atoms with E-state index in [2.05, 4.69) is 10.1 Å². The molecule has 19 heavy (non-hydrogen) atoms. The Kier molecular flexibility index (Phi) is 4.76. The first kappa shape index (κ1) is 14.3. The van der Waals surface area contributed by atoms with E-state index in [1.807, 2.05) is 0 Å². The summed E-state index contributed by atoms with van der Waals surface area (Å²) < 4.78 is 32.3. The van der Waals surface area contributed by atoms with Crippen LogP contribution in [0.15, 0.2) is 29.2 Å². The lowest BCUT2D eigenvalue weighted by atomic mass is 10.2. The van der Waals surface area contributed by atoms with Crippen molar-refractivity contribution < 1.29 is 13.2 Å². The summed E-state index contributed by atoms with van der Waals surface area (Å²) in [5.41, 5.74) is 2.77. The number of nitrogens with one attached hydrogen (secondary N) is 2. The summed E-state index contributed by atoms with van der Waals surface area (Å²) in [7, 11) is -3.54. The van der Waals surface area contributed by atoms with E-state index in [1.54, 1.807) is 18.2 Å². The fourth-order valence-corrected chi connectivity index (χ4v) is 3.34. The number of ether oxygens (including phenoxy) is 1. The first-order valence-electron chi connectivity index (χ1n) is 6.30. The zero-order valence-electron chi connectivity index (χ0n) is 10.6. The molecule has 1 unspecified atom stereocenters. The topological polar surface area (TPSA) is 93.5 Å². The number of anilines is 1. The Morgan fingerprint density at radius 3 is 2.84 bits per heavy atom. The molecule has 1 aliphatic rings. The predicted molar refractivity (Wildman–Crippen MR) is 73.0 cm³/mol. The van der Waals surface area contributed by atoms with E-state index in [4.69, 9.17) is 10.6 Å². The summed E-state index contributed by atoms with van der Waals surface area (Å²) in [5, 5.41) is 0. The van der Waals surface area contributed by atoms with Gasteiger partial charge in [0.1, 0.15) is 4.90 Å². The Morgan fingerprint density at radius 2 is 2.16 bits per heavy atom. The summed E-state index contributed by atoms with van der Waals surface area (Å²) in [6.45, 7) is 1.14.